The number of ether oxygens (including phenoxy) is 1. The largest absolute Gasteiger partial charge is 0.494 e. The van der Waals surface area contributed by atoms with E-state index >= 15 is 0 Å². The molecule has 1 saturated heterocycles. The molecule has 0 saturated carbocycles. The smallest absolute Gasteiger partial charge is 0.421 e. The van der Waals surface area contributed by atoms with Crippen LogP contribution in [0.25, 0.3) is 0 Å². The zero-order valence-electron chi connectivity index (χ0n) is 15.4. The molecule has 1 aromatic carbocycles. The van der Waals surface area contributed by atoms with Gasteiger partial charge in [0.05, 0.1) is 11.2 Å². The summed E-state index contributed by atoms with van der Waals surface area (Å²) in [7, 11) is -0.623. The molecule has 0 amide bonds. The van der Waals surface area contributed by atoms with E-state index in [2.05, 4.69) is 9.97 Å². The lowest BCUT2D eigenvalue weighted by Crippen LogP contribution is -2.41. The van der Waals surface area contributed by atoms with E-state index in [0.29, 0.717) is 11.0 Å². The summed E-state index contributed by atoms with van der Waals surface area (Å²) in [4.78, 5) is 8.14. The summed E-state index contributed by atoms with van der Waals surface area (Å²) in [5, 5.41) is 0. The van der Waals surface area contributed by atoms with Crippen molar-refractivity contribution in [2.75, 3.05) is 0 Å². The van der Waals surface area contributed by atoms with Gasteiger partial charge in [0.15, 0.2) is 11.6 Å². The molecule has 1 fully saturated rings. The highest BCUT2D eigenvalue weighted by molar-refractivity contribution is 6.62. The number of aromatic nitrogens is 2. The maximum absolute atomic E-state index is 14.6. The Hall–Kier alpha value is -1.99. The van der Waals surface area contributed by atoms with Crippen molar-refractivity contribution in [2.24, 2.45) is 0 Å². The fraction of sp³-hybridized carbons (Fsp3) is 0.444. The summed E-state index contributed by atoms with van der Waals surface area (Å²) in [5.74, 6) is -0.402. The van der Waals surface area contributed by atoms with E-state index < -0.39 is 24.1 Å². The topological polar surface area (TPSA) is 53.5 Å². The molecule has 0 radical (unpaired) electrons. The van der Waals surface area contributed by atoms with Crippen molar-refractivity contribution in [3.63, 3.8) is 0 Å². The summed E-state index contributed by atoms with van der Waals surface area (Å²) in [5.41, 5.74) is 1.03. The second-order valence-corrected chi connectivity index (χ2v) is 7.32. The van der Waals surface area contributed by atoms with Crippen molar-refractivity contribution >= 4 is 12.6 Å². The number of halogens is 1. The summed E-state index contributed by atoms with van der Waals surface area (Å²) in [6.45, 7) is 11.4. The Labute approximate surface area is 147 Å². The zero-order valence-corrected chi connectivity index (χ0v) is 15.4. The second-order valence-electron chi connectivity index (χ2n) is 7.32. The average Bonchev–Trinajstić information content (AvgIpc) is 2.71. The molecule has 7 heteroatoms. The minimum Gasteiger partial charge on any atom is -0.421 e. The molecule has 0 bridgehead atoms. The summed E-state index contributed by atoms with van der Waals surface area (Å²) >= 11 is 0. The number of benzene rings is 1. The van der Waals surface area contributed by atoms with E-state index in [0.717, 1.165) is 5.69 Å². The van der Waals surface area contributed by atoms with E-state index in [1.807, 2.05) is 34.6 Å². The van der Waals surface area contributed by atoms with Crippen molar-refractivity contribution in [3.8, 4) is 11.8 Å². The van der Waals surface area contributed by atoms with Crippen LogP contribution in [0.5, 0.6) is 11.8 Å². The molecular formula is C18H22BFN2O3. The van der Waals surface area contributed by atoms with Crippen molar-refractivity contribution in [3.05, 3.63) is 41.5 Å². The van der Waals surface area contributed by atoms with E-state index in [4.69, 9.17) is 14.0 Å². The lowest BCUT2D eigenvalue weighted by molar-refractivity contribution is 0.00578. The Morgan fingerprint density at radius 2 is 1.72 bits per heavy atom. The van der Waals surface area contributed by atoms with Gasteiger partial charge in [-0.15, -0.1) is 0 Å². The van der Waals surface area contributed by atoms with Crippen LogP contribution < -0.4 is 10.2 Å². The minimum absolute atomic E-state index is 0.103. The third-order valence-corrected chi connectivity index (χ3v) is 4.74. The van der Waals surface area contributed by atoms with Gasteiger partial charge in [0, 0.05) is 11.9 Å². The van der Waals surface area contributed by atoms with Crippen molar-refractivity contribution in [2.45, 2.75) is 52.7 Å². The third kappa shape index (κ3) is 3.39. The Morgan fingerprint density at radius 3 is 2.28 bits per heavy atom. The first kappa shape index (κ1) is 17.8. The van der Waals surface area contributed by atoms with Crippen LogP contribution in [-0.4, -0.2) is 28.3 Å². The molecule has 0 spiro atoms. The second kappa shape index (κ2) is 6.07. The Morgan fingerprint density at radius 1 is 1.08 bits per heavy atom. The number of hydrogen-bond donors (Lipinski definition) is 0. The quantitative estimate of drug-likeness (QED) is 0.800. The number of nitrogens with zero attached hydrogens (tertiary/aromatic N) is 2. The maximum Gasteiger partial charge on any atom is 0.494 e. The highest BCUT2D eigenvalue weighted by atomic mass is 19.1. The molecule has 1 aliphatic heterocycles. The minimum atomic E-state index is -0.623. The van der Waals surface area contributed by atoms with Crippen molar-refractivity contribution in [1.29, 1.82) is 0 Å². The van der Waals surface area contributed by atoms with Crippen LogP contribution in [0.2, 0.25) is 0 Å². The van der Waals surface area contributed by atoms with Crippen molar-refractivity contribution < 1.29 is 18.4 Å². The molecule has 1 aliphatic rings. The Kier molecular flexibility index (Phi) is 4.33. The van der Waals surface area contributed by atoms with Gasteiger partial charge >= 0.3 is 13.1 Å². The number of hydrogen-bond acceptors (Lipinski definition) is 5. The predicted octanol–water partition coefficient (Wildman–Crippen LogP) is 3.32. The molecule has 1 aromatic heterocycles. The third-order valence-electron chi connectivity index (χ3n) is 4.74. The Balaban J connectivity index is 1.89. The summed E-state index contributed by atoms with van der Waals surface area (Å²) in [6.07, 6.45) is 1.57. The molecule has 0 N–H and O–H groups in total. The first-order chi connectivity index (χ1) is 11.6. The molecule has 132 valence electrons. The standard InChI is InChI=1S/C18H22BFN2O3/c1-11-9-13(19-24-17(3,4)18(5,6)25-19)10-14(20)15(11)23-16-21-8-7-12(2)22-16/h7-10H,1-6H3. The van der Waals surface area contributed by atoms with E-state index in [1.165, 1.54) is 6.07 Å². The van der Waals surface area contributed by atoms with Crippen LogP contribution in [0.3, 0.4) is 0 Å². The van der Waals surface area contributed by atoms with Crippen LogP contribution in [-0.2, 0) is 9.31 Å². The summed E-state index contributed by atoms with van der Waals surface area (Å²) in [6, 6.07) is 5.04. The fourth-order valence-corrected chi connectivity index (χ4v) is 2.57. The van der Waals surface area contributed by atoms with Gasteiger partial charge in [0.25, 0.3) is 0 Å². The lowest BCUT2D eigenvalue weighted by atomic mass is 9.78. The molecule has 3 rings (SSSR count). The molecule has 2 aromatic rings. The highest BCUT2D eigenvalue weighted by Crippen LogP contribution is 2.37. The first-order valence-corrected chi connectivity index (χ1v) is 8.22. The van der Waals surface area contributed by atoms with E-state index in [-0.39, 0.29) is 11.8 Å². The number of rotatable bonds is 3. The van der Waals surface area contributed by atoms with E-state index in [9.17, 15) is 4.39 Å². The highest BCUT2D eigenvalue weighted by Gasteiger charge is 2.51. The first-order valence-electron chi connectivity index (χ1n) is 8.22. The van der Waals surface area contributed by atoms with Gasteiger partial charge in [-0.05, 0) is 64.7 Å². The monoisotopic (exact) mass is 344 g/mol. The van der Waals surface area contributed by atoms with Crippen LogP contribution in [0.1, 0.15) is 39.0 Å². The maximum atomic E-state index is 14.6. The zero-order chi connectivity index (χ0) is 18.4. The average molecular weight is 344 g/mol. The predicted molar refractivity (Wildman–Crippen MR) is 93.7 cm³/mol. The van der Waals surface area contributed by atoms with Gasteiger partial charge in [-0.2, -0.15) is 0 Å². The Bertz CT molecular complexity index is 772. The molecule has 0 unspecified atom stereocenters. The van der Waals surface area contributed by atoms with Gasteiger partial charge in [-0.3, -0.25) is 0 Å². The van der Waals surface area contributed by atoms with Gasteiger partial charge in [-0.1, -0.05) is 6.07 Å². The molecule has 5 nitrogen and oxygen atoms in total. The fourth-order valence-electron chi connectivity index (χ4n) is 2.57. The number of aryl methyl sites for hydroxylation is 2. The molecule has 0 aliphatic carbocycles. The van der Waals surface area contributed by atoms with Crippen molar-refractivity contribution in [1.82, 2.24) is 9.97 Å². The van der Waals surface area contributed by atoms with Gasteiger partial charge < -0.3 is 14.0 Å². The van der Waals surface area contributed by atoms with Crippen LogP contribution in [0, 0.1) is 19.7 Å². The molecule has 2 heterocycles. The van der Waals surface area contributed by atoms with Crippen LogP contribution in [0.15, 0.2) is 24.4 Å². The van der Waals surface area contributed by atoms with Gasteiger partial charge in [0.1, 0.15) is 0 Å². The van der Waals surface area contributed by atoms with Gasteiger partial charge in [-0.25, -0.2) is 14.4 Å². The van der Waals surface area contributed by atoms with Gasteiger partial charge in [0.2, 0.25) is 0 Å². The molecular weight excluding hydrogens is 322 g/mol. The SMILES string of the molecule is Cc1ccnc(Oc2c(C)cc(B3OC(C)(C)C(C)(C)O3)cc2F)n1. The van der Waals surface area contributed by atoms with Crippen LogP contribution >= 0.6 is 0 Å². The summed E-state index contributed by atoms with van der Waals surface area (Å²) < 4.78 is 32.1. The molecule has 25 heavy (non-hydrogen) atoms. The van der Waals surface area contributed by atoms with Crippen LogP contribution in [0.4, 0.5) is 4.39 Å². The lowest BCUT2D eigenvalue weighted by Gasteiger charge is -2.32. The molecule has 0 atom stereocenters. The normalized spacial score (nSPS) is 18.4. The van der Waals surface area contributed by atoms with E-state index in [1.54, 1.807) is 25.3 Å².